The molecule has 0 amide bonds. The fraction of sp³-hybridized carbons (Fsp3) is 0.143. The van der Waals surface area contributed by atoms with E-state index in [-0.39, 0.29) is 0 Å². The van der Waals surface area contributed by atoms with E-state index in [0.29, 0.717) is 0 Å². The largest absolute Gasteiger partial charge is 0.457 e. The van der Waals surface area contributed by atoms with Gasteiger partial charge in [-0.1, -0.05) is 13.8 Å². The quantitative estimate of drug-likeness (QED) is 0.719. The van der Waals surface area contributed by atoms with Crippen molar-refractivity contribution in [3.8, 4) is 11.5 Å². The summed E-state index contributed by atoms with van der Waals surface area (Å²) in [5, 5.41) is 0. The first-order chi connectivity index (χ1) is 8.24. The molecule has 0 aliphatic carbocycles. The summed E-state index contributed by atoms with van der Waals surface area (Å²) in [5.74, 6) is 1.61. The summed E-state index contributed by atoms with van der Waals surface area (Å²) in [7, 11) is 0. The first-order valence-corrected chi connectivity index (χ1v) is 6.39. The molecule has 90 valence electrons. The van der Waals surface area contributed by atoms with Gasteiger partial charge in [0.1, 0.15) is 11.5 Å². The van der Waals surface area contributed by atoms with E-state index in [0.717, 1.165) is 21.3 Å². The molecular weight excluding hydrogens is 248 g/mol. The zero-order chi connectivity index (χ0) is 12.7. The number of rotatable bonds is 2. The van der Waals surface area contributed by atoms with Crippen LogP contribution < -0.4 is 4.74 Å². The second-order valence-electron chi connectivity index (χ2n) is 3.09. The topological polar surface area (TPSA) is 9.23 Å². The van der Waals surface area contributed by atoms with Crippen molar-refractivity contribution in [2.24, 2.45) is 0 Å². The van der Waals surface area contributed by atoms with Crippen molar-refractivity contribution < 1.29 is 4.74 Å². The summed E-state index contributed by atoms with van der Waals surface area (Å²) < 4.78 is 5.62. The summed E-state index contributed by atoms with van der Waals surface area (Å²) in [6, 6.07) is 15.1. The van der Waals surface area contributed by atoms with Crippen LogP contribution in [0.2, 0.25) is 0 Å². The van der Waals surface area contributed by atoms with Gasteiger partial charge >= 0.3 is 0 Å². The van der Waals surface area contributed by atoms with Gasteiger partial charge < -0.3 is 4.74 Å². The molecule has 0 fully saturated rings. The van der Waals surface area contributed by atoms with Gasteiger partial charge in [-0.05, 0) is 48.5 Å². The third-order valence-corrected chi connectivity index (χ3v) is 2.51. The Morgan fingerprint density at radius 1 is 0.647 bits per heavy atom. The second-order valence-corrected chi connectivity index (χ2v) is 4.12. The molecule has 1 nitrogen and oxygen atoms in total. The van der Waals surface area contributed by atoms with Crippen molar-refractivity contribution in [2.45, 2.75) is 23.6 Å². The van der Waals surface area contributed by atoms with Crippen molar-refractivity contribution in [3.05, 3.63) is 48.5 Å². The molecule has 3 heteroatoms. The molecule has 0 atom stereocenters. The molecule has 0 aromatic heterocycles. The molecule has 0 saturated heterocycles. The van der Waals surface area contributed by atoms with E-state index in [2.05, 4.69) is 25.3 Å². The normalized spacial score (nSPS) is 9.18. The summed E-state index contributed by atoms with van der Waals surface area (Å²) in [6.45, 7) is 4.00. The van der Waals surface area contributed by atoms with Crippen LogP contribution in [0.3, 0.4) is 0 Å². The summed E-state index contributed by atoms with van der Waals surface area (Å²) in [4.78, 5) is 1.85. The fourth-order valence-electron chi connectivity index (χ4n) is 1.16. The van der Waals surface area contributed by atoms with E-state index in [1.165, 1.54) is 0 Å². The molecule has 2 aromatic rings. The average Bonchev–Trinajstić information content (AvgIpc) is 2.37. The maximum atomic E-state index is 5.62. The van der Waals surface area contributed by atoms with Crippen LogP contribution >= 0.6 is 25.3 Å². The monoisotopic (exact) mass is 264 g/mol. The minimum absolute atomic E-state index is 0.805. The van der Waals surface area contributed by atoms with Crippen molar-refractivity contribution in [1.82, 2.24) is 0 Å². The molecule has 2 rings (SSSR count). The predicted molar refractivity (Wildman–Crippen MR) is 78.8 cm³/mol. The zero-order valence-corrected chi connectivity index (χ0v) is 11.7. The van der Waals surface area contributed by atoms with E-state index < -0.39 is 0 Å². The van der Waals surface area contributed by atoms with Crippen LogP contribution in [0, 0.1) is 0 Å². The molecule has 0 saturated carbocycles. The van der Waals surface area contributed by atoms with Crippen molar-refractivity contribution >= 4 is 25.3 Å². The van der Waals surface area contributed by atoms with Gasteiger partial charge in [0.15, 0.2) is 0 Å². The van der Waals surface area contributed by atoms with Crippen LogP contribution in [0.5, 0.6) is 11.5 Å². The Morgan fingerprint density at radius 3 is 1.24 bits per heavy atom. The van der Waals surface area contributed by atoms with Crippen LogP contribution in [-0.4, -0.2) is 0 Å². The van der Waals surface area contributed by atoms with Gasteiger partial charge in [-0.15, -0.1) is 25.3 Å². The number of thiol groups is 2. The first kappa shape index (κ1) is 14.0. The minimum Gasteiger partial charge on any atom is -0.457 e. The third kappa shape index (κ3) is 4.75. The zero-order valence-electron chi connectivity index (χ0n) is 9.92. The Labute approximate surface area is 114 Å². The number of benzene rings is 2. The second kappa shape index (κ2) is 7.30. The first-order valence-electron chi connectivity index (χ1n) is 5.50. The fourth-order valence-corrected chi connectivity index (χ4v) is 1.46. The highest BCUT2D eigenvalue weighted by Gasteiger charge is 1.96. The Bertz CT molecular complexity index is 391. The van der Waals surface area contributed by atoms with Gasteiger partial charge in [-0.25, -0.2) is 0 Å². The molecule has 0 N–H and O–H groups in total. The van der Waals surface area contributed by atoms with Gasteiger partial charge in [-0.2, -0.15) is 0 Å². The summed E-state index contributed by atoms with van der Waals surface area (Å²) >= 11 is 8.41. The maximum absolute atomic E-state index is 5.62. The SMILES string of the molecule is CC.Sc1ccc(Oc2ccc(S)cc2)cc1. The van der Waals surface area contributed by atoms with Crippen LogP contribution in [0.25, 0.3) is 0 Å². The molecule has 0 spiro atoms. The van der Waals surface area contributed by atoms with E-state index in [1.54, 1.807) is 0 Å². The predicted octanol–water partition coefficient (Wildman–Crippen LogP) is 5.08. The van der Waals surface area contributed by atoms with E-state index >= 15 is 0 Å². The highest BCUT2D eigenvalue weighted by Crippen LogP contribution is 2.23. The number of hydrogen-bond donors (Lipinski definition) is 2. The van der Waals surface area contributed by atoms with Gasteiger partial charge in [0, 0.05) is 9.79 Å². The summed E-state index contributed by atoms with van der Waals surface area (Å²) in [6.07, 6.45) is 0. The lowest BCUT2D eigenvalue weighted by Gasteiger charge is -2.05. The Kier molecular flexibility index (Phi) is 6.01. The molecular formula is C14H16OS2. The molecule has 0 radical (unpaired) electrons. The van der Waals surface area contributed by atoms with Gasteiger partial charge in [0.2, 0.25) is 0 Å². The highest BCUT2D eigenvalue weighted by atomic mass is 32.1. The van der Waals surface area contributed by atoms with Crippen molar-refractivity contribution in [3.63, 3.8) is 0 Å². The molecule has 17 heavy (non-hydrogen) atoms. The Morgan fingerprint density at radius 2 is 0.941 bits per heavy atom. The van der Waals surface area contributed by atoms with E-state index in [1.807, 2.05) is 62.4 Å². The lowest BCUT2D eigenvalue weighted by atomic mass is 10.3. The van der Waals surface area contributed by atoms with Gasteiger partial charge in [0.05, 0.1) is 0 Å². The van der Waals surface area contributed by atoms with Gasteiger partial charge in [-0.3, -0.25) is 0 Å². The lowest BCUT2D eigenvalue weighted by Crippen LogP contribution is -1.82. The molecule has 0 bridgehead atoms. The third-order valence-electron chi connectivity index (χ3n) is 1.91. The van der Waals surface area contributed by atoms with Crippen LogP contribution in [0.1, 0.15) is 13.8 Å². The molecule has 2 aromatic carbocycles. The van der Waals surface area contributed by atoms with Crippen molar-refractivity contribution in [2.75, 3.05) is 0 Å². The average molecular weight is 264 g/mol. The van der Waals surface area contributed by atoms with Crippen LogP contribution in [-0.2, 0) is 0 Å². The van der Waals surface area contributed by atoms with E-state index in [9.17, 15) is 0 Å². The standard InChI is InChI=1S/C12H10OS2.C2H6/c14-11-5-1-9(2-6-11)13-10-3-7-12(15)8-4-10;1-2/h1-8,14-15H;1-2H3. The minimum atomic E-state index is 0.805. The summed E-state index contributed by atoms with van der Waals surface area (Å²) in [5.41, 5.74) is 0. The molecule has 0 heterocycles. The molecule has 0 aliphatic heterocycles. The van der Waals surface area contributed by atoms with Gasteiger partial charge in [0.25, 0.3) is 0 Å². The van der Waals surface area contributed by atoms with Crippen LogP contribution in [0.4, 0.5) is 0 Å². The van der Waals surface area contributed by atoms with E-state index in [4.69, 9.17) is 4.74 Å². The highest BCUT2D eigenvalue weighted by molar-refractivity contribution is 7.80. The smallest absolute Gasteiger partial charge is 0.127 e. The van der Waals surface area contributed by atoms with Crippen LogP contribution in [0.15, 0.2) is 58.3 Å². The number of ether oxygens (including phenoxy) is 1. The number of hydrogen-bond acceptors (Lipinski definition) is 3. The Hall–Kier alpha value is -1.06. The molecule has 0 aliphatic rings. The van der Waals surface area contributed by atoms with Crippen molar-refractivity contribution in [1.29, 1.82) is 0 Å². The lowest BCUT2D eigenvalue weighted by molar-refractivity contribution is 0.482. The maximum Gasteiger partial charge on any atom is 0.127 e. The molecule has 0 unspecified atom stereocenters. The Balaban J connectivity index is 0.000000686.